The molecule has 0 atom stereocenters. The van der Waals surface area contributed by atoms with Crippen molar-refractivity contribution in [1.29, 1.82) is 0 Å². The van der Waals surface area contributed by atoms with E-state index in [0.717, 1.165) is 53.9 Å². The van der Waals surface area contributed by atoms with Gasteiger partial charge < -0.3 is 14.0 Å². The molecule has 4 rings (SSSR count). The number of nitrogens with zero attached hydrogens (tertiary/aromatic N) is 2. The standard InChI is InChI=1S/C45H62N2O4/c1-3-5-7-9-11-12-13-14-15-16-17-18-20-21-35-49-42-33-31-38(32-34-42)37-23-27-40(28-24-37)44-46-43(47-51-44)39-25-29-41(30-26-39)45(48)50-36-22-19-10-8-6-4-2/h23-34H,3-22,35-36H2,1-2H3. The lowest BCUT2D eigenvalue weighted by Gasteiger charge is -2.08. The molecular weight excluding hydrogens is 633 g/mol. The lowest BCUT2D eigenvalue weighted by molar-refractivity contribution is 0.0497. The van der Waals surface area contributed by atoms with Crippen LogP contribution in [0.25, 0.3) is 34.0 Å². The number of carbonyl (C=O) groups excluding carboxylic acids is 1. The summed E-state index contributed by atoms with van der Waals surface area (Å²) in [6.45, 7) is 5.72. The normalized spacial score (nSPS) is 11.2. The van der Waals surface area contributed by atoms with Gasteiger partial charge in [0.1, 0.15) is 5.75 Å². The number of benzene rings is 3. The molecule has 0 N–H and O–H groups in total. The number of unbranched alkanes of at least 4 members (excludes halogenated alkanes) is 18. The van der Waals surface area contributed by atoms with E-state index >= 15 is 0 Å². The van der Waals surface area contributed by atoms with Gasteiger partial charge in [0.2, 0.25) is 5.82 Å². The number of hydrogen-bond acceptors (Lipinski definition) is 6. The predicted octanol–water partition coefficient (Wildman–Crippen LogP) is 13.4. The SMILES string of the molecule is CCCCCCCCCCCCCCCCOc1ccc(-c2ccc(-c3nc(-c4ccc(C(=O)OCCCCCCCC)cc4)no3)cc2)cc1. The van der Waals surface area contributed by atoms with E-state index < -0.39 is 0 Å². The predicted molar refractivity (Wildman–Crippen MR) is 210 cm³/mol. The van der Waals surface area contributed by atoms with Crippen molar-refractivity contribution in [3.63, 3.8) is 0 Å². The Hall–Kier alpha value is -3.93. The summed E-state index contributed by atoms with van der Waals surface area (Å²) in [6.07, 6.45) is 26.0. The highest BCUT2D eigenvalue weighted by molar-refractivity contribution is 5.89. The summed E-state index contributed by atoms with van der Waals surface area (Å²) in [5, 5.41) is 4.17. The molecule has 6 heteroatoms. The van der Waals surface area contributed by atoms with E-state index in [2.05, 4.69) is 60.4 Å². The zero-order valence-electron chi connectivity index (χ0n) is 31.5. The van der Waals surface area contributed by atoms with E-state index in [9.17, 15) is 4.79 Å². The highest BCUT2D eigenvalue weighted by atomic mass is 16.5. The fourth-order valence-electron chi connectivity index (χ4n) is 6.38. The molecule has 6 nitrogen and oxygen atoms in total. The highest BCUT2D eigenvalue weighted by Gasteiger charge is 2.13. The molecule has 51 heavy (non-hydrogen) atoms. The Labute approximate surface area is 307 Å². The summed E-state index contributed by atoms with van der Waals surface area (Å²) < 4.78 is 17.0. The van der Waals surface area contributed by atoms with Gasteiger partial charge in [-0.1, -0.05) is 171 Å². The average Bonchev–Trinajstić information content (AvgIpc) is 3.67. The van der Waals surface area contributed by atoms with Crippen molar-refractivity contribution in [2.24, 2.45) is 0 Å². The minimum Gasteiger partial charge on any atom is -0.494 e. The van der Waals surface area contributed by atoms with Crippen molar-refractivity contribution in [2.45, 2.75) is 142 Å². The summed E-state index contributed by atoms with van der Waals surface area (Å²) in [5.41, 5.74) is 4.38. The first-order chi connectivity index (χ1) is 25.2. The topological polar surface area (TPSA) is 74.5 Å². The van der Waals surface area contributed by atoms with Gasteiger partial charge in [-0.25, -0.2) is 4.79 Å². The molecular formula is C45H62N2O4. The molecule has 0 aliphatic heterocycles. The fraction of sp³-hybridized carbons (Fsp3) is 0.533. The first-order valence-corrected chi connectivity index (χ1v) is 20.1. The van der Waals surface area contributed by atoms with Crippen LogP contribution in [0.3, 0.4) is 0 Å². The van der Waals surface area contributed by atoms with Crippen LogP contribution in [-0.4, -0.2) is 29.3 Å². The summed E-state index contributed by atoms with van der Waals surface area (Å²) >= 11 is 0. The number of esters is 1. The molecule has 1 aromatic heterocycles. The van der Waals surface area contributed by atoms with E-state index in [4.69, 9.17) is 14.0 Å². The summed E-state index contributed by atoms with van der Waals surface area (Å²) in [7, 11) is 0. The van der Waals surface area contributed by atoms with E-state index in [-0.39, 0.29) is 5.97 Å². The third-order valence-corrected chi connectivity index (χ3v) is 9.62. The van der Waals surface area contributed by atoms with Gasteiger partial charge in [0.25, 0.3) is 5.89 Å². The van der Waals surface area contributed by atoms with Crippen molar-refractivity contribution in [1.82, 2.24) is 10.1 Å². The van der Waals surface area contributed by atoms with Gasteiger partial charge in [-0.2, -0.15) is 4.98 Å². The fourth-order valence-corrected chi connectivity index (χ4v) is 6.38. The maximum absolute atomic E-state index is 12.4. The Morgan fingerprint density at radius 2 is 0.941 bits per heavy atom. The third-order valence-electron chi connectivity index (χ3n) is 9.62. The first kappa shape index (κ1) is 39.8. The van der Waals surface area contributed by atoms with E-state index in [0.29, 0.717) is 23.9 Å². The molecule has 276 valence electrons. The Morgan fingerprint density at radius 1 is 0.510 bits per heavy atom. The van der Waals surface area contributed by atoms with Crippen molar-refractivity contribution in [3.8, 4) is 39.7 Å². The highest BCUT2D eigenvalue weighted by Crippen LogP contribution is 2.27. The monoisotopic (exact) mass is 694 g/mol. The van der Waals surface area contributed by atoms with Crippen LogP contribution >= 0.6 is 0 Å². The second kappa shape index (κ2) is 24.3. The number of aromatic nitrogens is 2. The number of ether oxygens (including phenoxy) is 2. The van der Waals surface area contributed by atoms with Crippen LogP contribution in [0.4, 0.5) is 0 Å². The number of carbonyl (C=O) groups is 1. The van der Waals surface area contributed by atoms with Crippen LogP contribution in [0.5, 0.6) is 5.75 Å². The Kier molecular flexibility index (Phi) is 19.0. The van der Waals surface area contributed by atoms with Gasteiger partial charge in [-0.3, -0.25) is 0 Å². The van der Waals surface area contributed by atoms with E-state index in [1.54, 1.807) is 12.1 Å². The minimum atomic E-state index is -0.300. The molecule has 0 unspecified atom stereocenters. The Bertz CT molecular complexity index is 1480. The van der Waals surface area contributed by atoms with Crippen molar-refractivity contribution in [3.05, 3.63) is 78.4 Å². The van der Waals surface area contributed by atoms with Gasteiger partial charge >= 0.3 is 5.97 Å². The van der Waals surface area contributed by atoms with Crippen LogP contribution in [0.1, 0.15) is 153 Å². The summed E-state index contributed by atoms with van der Waals surface area (Å²) in [6, 6.07) is 23.6. The van der Waals surface area contributed by atoms with Gasteiger partial charge in [0.15, 0.2) is 0 Å². The van der Waals surface area contributed by atoms with E-state index in [1.165, 1.54) is 109 Å². The molecule has 0 spiro atoms. The summed E-state index contributed by atoms with van der Waals surface area (Å²) in [5.74, 6) is 1.55. The quantitative estimate of drug-likeness (QED) is 0.0457. The van der Waals surface area contributed by atoms with Gasteiger partial charge in [-0.05, 0) is 60.4 Å². The lowest BCUT2D eigenvalue weighted by atomic mass is 10.0. The van der Waals surface area contributed by atoms with E-state index in [1.807, 2.05) is 24.3 Å². The molecule has 0 saturated heterocycles. The molecule has 0 fully saturated rings. The van der Waals surface area contributed by atoms with Crippen molar-refractivity contribution < 1.29 is 18.8 Å². The molecule has 0 aliphatic carbocycles. The maximum Gasteiger partial charge on any atom is 0.338 e. The number of rotatable bonds is 27. The van der Waals surface area contributed by atoms with Crippen molar-refractivity contribution >= 4 is 5.97 Å². The van der Waals surface area contributed by atoms with Crippen LogP contribution in [0.2, 0.25) is 0 Å². The second-order valence-corrected chi connectivity index (χ2v) is 14.0. The van der Waals surface area contributed by atoms with Crippen LogP contribution in [0.15, 0.2) is 77.3 Å². The zero-order valence-corrected chi connectivity index (χ0v) is 31.5. The van der Waals surface area contributed by atoms with Crippen LogP contribution in [-0.2, 0) is 4.74 Å². The zero-order chi connectivity index (χ0) is 35.8. The minimum absolute atomic E-state index is 0.300. The molecule has 0 saturated carbocycles. The van der Waals surface area contributed by atoms with Crippen LogP contribution < -0.4 is 4.74 Å². The second-order valence-electron chi connectivity index (χ2n) is 14.0. The lowest BCUT2D eigenvalue weighted by Crippen LogP contribution is -2.06. The number of hydrogen-bond donors (Lipinski definition) is 0. The van der Waals surface area contributed by atoms with Crippen molar-refractivity contribution in [2.75, 3.05) is 13.2 Å². The Morgan fingerprint density at radius 3 is 1.47 bits per heavy atom. The smallest absolute Gasteiger partial charge is 0.338 e. The van der Waals surface area contributed by atoms with Gasteiger partial charge in [-0.15, -0.1) is 0 Å². The average molecular weight is 695 g/mol. The van der Waals surface area contributed by atoms with Gasteiger partial charge in [0.05, 0.1) is 18.8 Å². The molecule has 0 amide bonds. The molecule has 4 aromatic rings. The maximum atomic E-state index is 12.4. The first-order valence-electron chi connectivity index (χ1n) is 20.1. The summed E-state index contributed by atoms with van der Waals surface area (Å²) in [4.78, 5) is 17.0. The molecule has 1 heterocycles. The van der Waals surface area contributed by atoms with Crippen LogP contribution in [0, 0.1) is 0 Å². The molecule has 0 bridgehead atoms. The Balaban J connectivity index is 1.11. The van der Waals surface area contributed by atoms with Gasteiger partial charge in [0, 0.05) is 11.1 Å². The molecule has 0 radical (unpaired) electrons. The molecule has 3 aromatic carbocycles. The third kappa shape index (κ3) is 15.1. The largest absolute Gasteiger partial charge is 0.494 e. The molecule has 0 aliphatic rings.